The predicted molar refractivity (Wildman–Crippen MR) is 91.3 cm³/mol. The highest BCUT2D eigenvalue weighted by Gasteiger charge is 2.21. The second-order valence-electron chi connectivity index (χ2n) is 5.52. The zero-order valence-electron chi connectivity index (χ0n) is 13.9. The second-order valence-corrected chi connectivity index (χ2v) is 5.52. The van der Waals surface area contributed by atoms with E-state index in [1.165, 1.54) is 4.90 Å². The first-order valence-electron chi connectivity index (χ1n) is 7.68. The van der Waals surface area contributed by atoms with Gasteiger partial charge in [0.2, 0.25) is 0 Å². The first-order valence-corrected chi connectivity index (χ1v) is 7.68. The number of hydrogen-bond donors (Lipinski definition) is 1. The molecule has 1 aromatic heterocycles. The summed E-state index contributed by atoms with van der Waals surface area (Å²) in [5.74, 6) is -1.10. The van der Waals surface area contributed by atoms with Crippen LogP contribution < -0.4 is 5.32 Å². The number of hydrogen-bond acceptors (Lipinski definition) is 4. The van der Waals surface area contributed by atoms with Crippen LogP contribution in [0.1, 0.15) is 19.4 Å². The van der Waals surface area contributed by atoms with Gasteiger partial charge in [0.1, 0.15) is 0 Å². The van der Waals surface area contributed by atoms with E-state index in [4.69, 9.17) is 0 Å². The van der Waals surface area contributed by atoms with Crippen molar-refractivity contribution in [3.05, 3.63) is 54.2 Å². The van der Waals surface area contributed by atoms with Crippen molar-refractivity contribution in [1.82, 2.24) is 19.9 Å². The molecule has 24 heavy (non-hydrogen) atoms. The van der Waals surface area contributed by atoms with Crippen LogP contribution in [0.15, 0.2) is 48.7 Å². The monoisotopic (exact) mass is 327 g/mol. The molecule has 0 bridgehead atoms. The van der Waals surface area contributed by atoms with E-state index in [0.29, 0.717) is 19.6 Å². The molecule has 1 aromatic carbocycles. The number of aromatic nitrogens is 3. The number of carbonyl (C=O) groups excluding carboxylic acids is 2. The quantitative estimate of drug-likeness (QED) is 0.647. The molecule has 0 aliphatic heterocycles. The summed E-state index contributed by atoms with van der Waals surface area (Å²) < 4.78 is 1.60. The summed E-state index contributed by atoms with van der Waals surface area (Å²) in [7, 11) is 0. The number of nitrogens with one attached hydrogen (secondary N) is 1. The smallest absolute Gasteiger partial charge is 0.315 e. The number of nitrogens with zero attached hydrogens (tertiary/aromatic N) is 4. The molecule has 2 rings (SSSR count). The molecule has 2 aromatic rings. The minimum Gasteiger partial charge on any atom is -0.331 e. The molecule has 0 aliphatic rings. The number of amides is 2. The fourth-order valence-electron chi connectivity index (χ4n) is 2.17. The van der Waals surface area contributed by atoms with Gasteiger partial charge < -0.3 is 4.90 Å². The first-order chi connectivity index (χ1) is 11.5. The van der Waals surface area contributed by atoms with E-state index in [-0.39, 0.29) is 5.82 Å². The van der Waals surface area contributed by atoms with Gasteiger partial charge in [0.05, 0.1) is 12.7 Å². The number of benzene rings is 1. The Morgan fingerprint density at radius 1 is 1.29 bits per heavy atom. The number of anilines is 1. The molecule has 2 amide bonds. The van der Waals surface area contributed by atoms with Crippen molar-refractivity contribution in [3.63, 3.8) is 0 Å². The number of likely N-dealkylation sites (N-methyl/N-ethyl adjacent to an activating group) is 1. The summed E-state index contributed by atoms with van der Waals surface area (Å²) in [4.78, 5) is 25.6. The Labute approximate surface area is 141 Å². The summed E-state index contributed by atoms with van der Waals surface area (Å²) in [5, 5.41) is 10.3. The molecular formula is C17H21N5O2. The Kier molecular flexibility index (Phi) is 5.83. The van der Waals surface area contributed by atoms with Gasteiger partial charge in [-0.15, -0.1) is 5.10 Å². The Morgan fingerprint density at radius 3 is 2.62 bits per heavy atom. The molecule has 0 aliphatic carbocycles. The summed E-state index contributed by atoms with van der Waals surface area (Å²) in [6, 6.07) is 9.76. The molecule has 7 nitrogen and oxygen atoms in total. The third kappa shape index (κ3) is 4.77. The fraction of sp³-hybridized carbons (Fsp3) is 0.294. The zero-order valence-corrected chi connectivity index (χ0v) is 13.9. The predicted octanol–water partition coefficient (Wildman–Crippen LogP) is 1.69. The van der Waals surface area contributed by atoms with Crippen LogP contribution >= 0.6 is 0 Å². The van der Waals surface area contributed by atoms with E-state index in [2.05, 4.69) is 22.2 Å². The van der Waals surface area contributed by atoms with Crippen LogP contribution in [0.25, 0.3) is 0 Å². The Morgan fingerprint density at radius 2 is 2.00 bits per heavy atom. The molecule has 1 heterocycles. The third-order valence-corrected chi connectivity index (χ3v) is 3.29. The molecule has 7 heteroatoms. The van der Waals surface area contributed by atoms with Crippen molar-refractivity contribution in [1.29, 1.82) is 0 Å². The van der Waals surface area contributed by atoms with Gasteiger partial charge in [-0.2, -0.15) is 0 Å². The van der Waals surface area contributed by atoms with Crippen molar-refractivity contribution in [3.8, 4) is 0 Å². The van der Waals surface area contributed by atoms with E-state index in [9.17, 15) is 9.59 Å². The minimum absolute atomic E-state index is 0.246. The lowest BCUT2D eigenvalue weighted by Crippen LogP contribution is -2.40. The van der Waals surface area contributed by atoms with Gasteiger partial charge in [-0.1, -0.05) is 47.7 Å². The van der Waals surface area contributed by atoms with Crippen LogP contribution in [-0.4, -0.2) is 44.8 Å². The van der Waals surface area contributed by atoms with Gasteiger partial charge in [-0.05, 0) is 19.4 Å². The van der Waals surface area contributed by atoms with Gasteiger partial charge in [-0.25, -0.2) is 4.68 Å². The van der Waals surface area contributed by atoms with Gasteiger partial charge in [0.25, 0.3) is 0 Å². The average Bonchev–Trinajstić information content (AvgIpc) is 2.99. The van der Waals surface area contributed by atoms with Crippen LogP contribution in [0.5, 0.6) is 0 Å². The first kappa shape index (κ1) is 17.4. The van der Waals surface area contributed by atoms with Crippen molar-refractivity contribution in [2.24, 2.45) is 0 Å². The van der Waals surface area contributed by atoms with Crippen LogP contribution in [0.3, 0.4) is 0 Å². The SMILES string of the molecule is C=C(C)CN(CC)C(=O)C(=O)Nc1cn(Cc2ccccc2)nn1. The molecule has 0 atom stereocenters. The maximum Gasteiger partial charge on any atom is 0.315 e. The maximum absolute atomic E-state index is 12.1. The number of carbonyl (C=O) groups is 2. The molecule has 0 saturated carbocycles. The highest BCUT2D eigenvalue weighted by atomic mass is 16.2. The van der Waals surface area contributed by atoms with Gasteiger partial charge in [0.15, 0.2) is 5.82 Å². The van der Waals surface area contributed by atoms with Crippen LogP contribution in [0.2, 0.25) is 0 Å². The van der Waals surface area contributed by atoms with Crippen LogP contribution in [0.4, 0.5) is 5.82 Å². The summed E-state index contributed by atoms with van der Waals surface area (Å²) in [5.41, 5.74) is 1.88. The highest BCUT2D eigenvalue weighted by Crippen LogP contribution is 2.06. The van der Waals surface area contributed by atoms with Gasteiger partial charge in [-0.3, -0.25) is 14.9 Å². The van der Waals surface area contributed by atoms with E-state index in [1.54, 1.807) is 10.9 Å². The molecule has 0 fully saturated rings. The van der Waals surface area contributed by atoms with Crippen molar-refractivity contribution in [2.75, 3.05) is 18.4 Å². The van der Waals surface area contributed by atoms with E-state index in [0.717, 1.165) is 11.1 Å². The minimum atomic E-state index is -0.732. The van der Waals surface area contributed by atoms with Crippen molar-refractivity contribution < 1.29 is 9.59 Å². The molecule has 0 radical (unpaired) electrons. The topological polar surface area (TPSA) is 80.1 Å². The maximum atomic E-state index is 12.1. The van der Waals surface area contributed by atoms with E-state index < -0.39 is 11.8 Å². The molecule has 0 saturated heterocycles. The molecular weight excluding hydrogens is 306 g/mol. The Balaban J connectivity index is 1.97. The molecule has 0 spiro atoms. The Bertz CT molecular complexity index is 724. The molecule has 126 valence electrons. The lowest BCUT2D eigenvalue weighted by atomic mass is 10.2. The third-order valence-electron chi connectivity index (χ3n) is 3.29. The summed E-state index contributed by atoms with van der Waals surface area (Å²) in [6.07, 6.45) is 1.59. The van der Waals surface area contributed by atoms with Gasteiger partial charge in [0, 0.05) is 13.1 Å². The van der Waals surface area contributed by atoms with Crippen molar-refractivity contribution in [2.45, 2.75) is 20.4 Å². The average molecular weight is 327 g/mol. The standard InChI is InChI=1S/C17H21N5O2/c1-4-21(10-13(2)3)17(24)16(23)18-15-12-22(20-19-15)11-14-8-6-5-7-9-14/h5-9,12H,2,4,10-11H2,1,3H3,(H,18,23). The van der Waals surface area contributed by atoms with Crippen molar-refractivity contribution >= 4 is 17.6 Å². The largest absolute Gasteiger partial charge is 0.331 e. The summed E-state index contributed by atoms with van der Waals surface area (Å²) >= 11 is 0. The van der Waals surface area contributed by atoms with E-state index in [1.807, 2.05) is 44.2 Å². The lowest BCUT2D eigenvalue weighted by molar-refractivity contribution is -0.142. The second kappa shape index (κ2) is 8.05. The molecule has 0 unspecified atom stereocenters. The van der Waals surface area contributed by atoms with E-state index >= 15 is 0 Å². The summed E-state index contributed by atoms with van der Waals surface area (Å²) in [6.45, 7) is 8.70. The highest BCUT2D eigenvalue weighted by molar-refractivity contribution is 6.39. The van der Waals surface area contributed by atoms with Crippen LogP contribution in [-0.2, 0) is 16.1 Å². The zero-order chi connectivity index (χ0) is 17.5. The lowest BCUT2D eigenvalue weighted by Gasteiger charge is -2.19. The fourth-order valence-corrected chi connectivity index (χ4v) is 2.17. The normalized spacial score (nSPS) is 10.2. The Hall–Kier alpha value is -2.96. The number of rotatable bonds is 6. The van der Waals surface area contributed by atoms with Gasteiger partial charge >= 0.3 is 11.8 Å². The molecule has 1 N–H and O–H groups in total. The van der Waals surface area contributed by atoms with Crippen LogP contribution in [0, 0.1) is 0 Å².